The Kier molecular flexibility index (Phi) is 3.89. The van der Waals surface area contributed by atoms with Crippen LogP contribution in [-0.2, 0) is 11.3 Å². The van der Waals surface area contributed by atoms with Gasteiger partial charge in [-0.2, -0.15) is 0 Å². The van der Waals surface area contributed by atoms with Crippen molar-refractivity contribution in [2.75, 3.05) is 0 Å². The number of benzene rings is 1. The van der Waals surface area contributed by atoms with E-state index in [1.54, 1.807) is 0 Å². The third kappa shape index (κ3) is 3.20. The van der Waals surface area contributed by atoms with Crippen LogP contribution in [0.5, 0.6) is 0 Å². The zero-order chi connectivity index (χ0) is 9.52. The van der Waals surface area contributed by atoms with Crippen LogP contribution in [0.3, 0.4) is 0 Å². The zero-order valence-electron chi connectivity index (χ0n) is 7.73. The van der Waals surface area contributed by atoms with Crippen LogP contribution in [0.4, 0.5) is 0 Å². The molecule has 0 unspecified atom stereocenters. The molecule has 0 fully saturated rings. The molecule has 2 heteroatoms. The SMILES string of the molecule is CC/C(=C/O)OCc1ccccc1. The van der Waals surface area contributed by atoms with E-state index in [4.69, 9.17) is 9.84 Å². The Hall–Kier alpha value is -1.44. The van der Waals surface area contributed by atoms with Crippen LogP contribution >= 0.6 is 0 Å². The van der Waals surface area contributed by atoms with Crippen molar-refractivity contribution in [3.63, 3.8) is 0 Å². The van der Waals surface area contributed by atoms with Gasteiger partial charge in [0.05, 0.1) is 0 Å². The molecule has 0 saturated carbocycles. The van der Waals surface area contributed by atoms with Gasteiger partial charge in [0.1, 0.15) is 18.6 Å². The molecule has 1 N–H and O–H groups in total. The maximum Gasteiger partial charge on any atom is 0.130 e. The smallest absolute Gasteiger partial charge is 0.130 e. The molecule has 0 heterocycles. The molecule has 0 aromatic heterocycles. The lowest BCUT2D eigenvalue weighted by Gasteiger charge is -2.06. The molecule has 0 aliphatic rings. The summed E-state index contributed by atoms with van der Waals surface area (Å²) in [6.45, 7) is 2.45. The van der Waals surface area contributed by atoms with Gasteiger partial charge in [-0.05, 0) is 5.56 Å². The summed E-state index contributed by atoms with van der Waals surface area (Å²) in [5.41, 5.74) is 1.11. The van der Waals surface area contributed by atoms with Crippen LogP contribution in [0.15, 0.2) is 42.4 Å². The van der Waals surface area contributed by atoms with Gasteiger partial charge < -0.3 is 9.84 Å². The lowest BCUT2D eigenvalue weighted by Crippen LogP contribution is -1.92. The van der Waals surface area contributed by atoms with Gasteiger partial charge in [0.15, 0.2) is 0 Å². The van der Waals surface area contributed by atoms with E-state index in [-0.39, 0.29) is 0 Å². The largest absolute Gasteiger partial charge is 0.512 e. The van der Waals surface area contributed by atoms with Gasteiger partial charge in [-0.15, -0.1) is 0 Å². The number of aliphatic hydroxyl groups is 1. The van der Waals surface area contributed by atoms with Crippen molar-refractivity contribution >= 4 is 0 Å². The summed E-state index contributed by atoms with van der Waals surface area (Å²) >= 11 is 0. The van der Waals surface area contributed by atoms with Crippen LogP contribution in [0.25, 0.3) is 0 Å². The Morgan fingerprint density at radius 3 is 2.62 bits per heavy atom. The minimum absolute atomic E-state index is 0.515. The van der Waals surface area contributed by atoms with Crippen molar-refractivity contribution < 1.29 is 9.84 Å². The third-order valence-electron chi connectivity index (χ3n) is 1.76. The lowest BCUT2D eigenvalue weighted by atomic mass is 10.2. The van der Waals surface area contributed by atoms with Crippen molar-refractivity contribution in [2.24, 2.45) is 0 Å². The molecular formula is C11H14O2. The molecule has 1 aromatic rings. The molecule has 13 heavy (non-hydrogen) atoms. The zero-order valence-corrected chi connectivity index (χ0v) is 7.73. The normalized spacial score (nSPS) is 11.3. The molecular weight excluding hydrogens is 164 g/mol. The van der Waals surface area contributed by atoms with Crippen LogP contribution in [0, 0.1) is 0 Å². The molecule has 70 valence electrons. The van der Waals surface area contributed by atoms with Crippen molar-refractivity contribution in [3.8, 4) is 0 Å². The molecule has 0 radical (unpaired) electrons. The van der Waals surface area contributed by atoms with Crippen LogP contribution < -0.4 is 0 Å². The third-order valence-corrected chi connectivity index (χ3v) is 1.76. The van der Waals surface area contributed by atoms with E-state index < -0.39 is 0 Å². The van der Waals surface area contributed by atoms with Gasteiger partial charge in [0.2, 0.25) is 0 Å². The van der Waals surface area contributed by atoms with E-state index in [2.05, 4.69) is 0 Å². The fourth-order valence-corrected chi connectivity index (χ4v) is 0.981. The fourth-order valence-electron chi connectivity index (χ4n) is 0.981. The first-order chi connectivity index (χ1) is 6.36. The minimum atomic E-state index is 0.515. The molecule has 0 spiro atoms. The number of aliphatic hydroxyl groups excluding tert-OH is 1. The summed E-state index contributed by atoms with van der Waals surface area (Å²) in [5.74, 6) is 0.615. The number of ether oxygens (including phenoxy) is 1. The summed E-state index contributed by atoms with van der Waals surface area (Å²) in [6, 6.07) is 9.88. The summed E-state index contributed by atoms with van der Waals surface area (Å²) in [7, 11) is 0. The van der Waals surface area contributed by atoms with E-state index in [9.17, 15) is 0 Å². The first-order valence-electron chi connectivity index (χ1n) is 4.36. The van der Waals surface area contributed by atoms with Crippen LogP contribution in [-0.4, -0.2) is 5.11 Å². The summed E-state index contributed by atoms with van der Waals surface area (Å²) in [5, 5.41) is 8.72. The topological polar surface area (TPSA) is 29.5 Å². The highest BCUT2D eigenvalue weighted by atomic mass is 16.5. The quantitative estimate of drug-likeness (QED) is 0.718. The van der Waals surface area contributed by atoms with Gasteiger partial charge >= 0.3 is 0 Å². The second-order valence-corrected chi connectivity index (χ2v) is 2.72. The fraction of sp³-hybridized carbons (Fsp3) is 0.273. The predicted octanol–water partition coefficient (Wildman–Crippen LogP) is 3.01. The van der Waals surface area contributed by atoms with E-state index in [0.29, 0.717) is 18.8 Å². The van der Waals surface area contributed by atoms with Crippen molar-refractivity contribution in [1.29, 1.82) is 0 Å². The Balaban J connectivity index is 2.43. The average molecular weight is 178 g/mol. The van der Waals surface area contributed by atoms with Gasteiger partial charge in [0.25, 0.3) is 0 Å². The van der Waals surface area contributed by atoms with Crippen molar-refractivity contribution in [2.45, 2.75) is 20.0 Å². The number of hydrogen-bond acceptors (Lipinski definition) is 2. The Morgan fingerprint density at radius 2 is 2.08 bits per heavy atom. The maximum absolute atomic E-state index is 8.72. The minimum Gasteiger partial charge on any atom is -0.512 e. The standard InChI is InChI=1S/C11H14O2/c1-2-11(8-12)13-9-10-6-4-3-5-7-10/h3-8,12H,2,9H2,1H3/b11-8-. The molecule has 0 atom stereocenters. The molecule has 0 amide bonds. The van der Waals surface area contributed by atoms with E-state index in [1.165, 1.54) is 0 Å². The first-order valence-corrected chi connectivity index (χ1v) is 4.36. The van der Waals surface area contributed by atoms with Crippen LogP contribution in [0.1, 0.15) is 18.9 Å². The average Bonchev–Trinajstić information content (AvgIpc) is 2.21. The number of allylic oxidation sites excluding steroid dienone is 1. The van der Waals surface area contributed by atoms with Gasteiger partial charge in [-0.25, -0.2) is 0 Å². The predicted molar refractivity (Wildman–Crippen MR) is 52.2 cm³/mol. The molecule has 0 saturated heterocycles. The summed E-state index contributed by atoms with van der Waals surface area (Å²) in [4.78, 5) is 0. The lowest BCUT2D eigenvalue weighted by molar-refractivity contribution is 0.180. The number of rotatable bonds is 4. The van der Waals surface area contributed by atoms with Crippen molar-refractivity contribution in [3.05, 3.63) is 47.9 Å². The summed E-state index contributed by atoms with van der Waals surface area (Å²) < 4.78 is 5.34. The van der Waals surface area contributed by atoms with E-state index >= 15 is 0 Å². The Morgan fingerprint density at radius 1 is 1.38 bits per heavy atom. The molecule has 0 bridgehead atoms. The van der Waals surface area contributed by atoms with Gasteiger partial charge in [-0.3, -0.25) is 0 Å². The van der Waals surface area contributed by atoms with Gasteiger partial charge in [-0.1, -0.05) is 37.3 Å². The molecule has 2 nitrogen and oxygen atoms in total. The van der Waals surface area contributed by atoms with Crippen LogP contribution in [0.2, 0.25) is 0 Å². The molecule has 0 aliphatic carbocycles. The molecule has 1 aromatic carbocycles. The highest BCUT2D eigenvalue weighted by molar-refractivity contribution is 5.13. The molecule has 0 aliphatic heterocycles. The van der Waals surface area contributed by atoms with Gasteiger partial charge in [0, 0.05) is 6.42 Å². The molecule has 1 rings (SSSR count). The van der Waals surface area contributed by atoms with Crippen molar-refractivity contribution in [1.82, 2.24) is 0 Å². The maximum atomic E-state index is 8.72. The second-order valence-electron chi connectivity index (χ2n) is 2.72. The monoisotopic (exact) mass is 178 g/mol. The van der Waals surface area contributed by atoms with E-state index in [1.807, 2.05) is 37.3 Å². The highest BCUT2D eigenvalue weighted by Gasteiger charge is 1.95. The van der Waals surface area contributed by atoms with E-state index in [0.717, 1.165) is 11.8 Å². The second kappa shape index (κ2) is 5.25. The number of hydrogen-bond donors (Lipinski definition) is 1. The Bertz CT molecular complexity index is 265. The summed E-state index contributed by atoms with van der Waals surface area (Å²) in [6.07, 6.45) is 1.73. The Labute approximate surface area is 78.5 Å². The highest BCUT2D eigenvalue weighted by Crippen LogP contribution is 2.07. The first kappa shape index (κ1) is 9.65.